The maximum absolute atomic E-state index is 12.0. The molecule has 0 bridgehead atoms. The molecule has 0 fully saturated rings. The Balaban J connectivity index is 2.78. The normalized spacial score (nSPS) is 11.2. The molecule has 1 aromatic carbocycles. The summed E-state index contributed by atoms with van der Waals surface area (Å²) in [5.41, 5.74) is 0.184. The minimum absolute atomic E-state index is 0.0204. The fourth-order valence-corrected chi connectivity index (χ4v) is 1.70. The van der Waals surface area contributed by atoms with Crippen LogP contribution in [0.4, 0.5) is 0 Å². The van der Waals surface area contributed by atoms with Gasteiger partial charge in [-0.3, -0.25) is 4.79 Å². The van der Waals surface area contributed by atoms with Gasteiger partial charge in [0, 0.05) is 23.0 Å². The number of methoxy groups -OCH3 is 1. The number of carbonyl (C=O) groups is 1. The van der Waals surface area contributed by atoms with E-state index in [0.717, 1.165) is 0 Å². The van der Waals surface area contributed by atoms with Gasteiger partial charge in [-0.1, -0.05) is 13.8 Å². The van der Waals surface area contributed by atoms with Gasteiger partial charge in [-0.15, -0.1) is 0 Å². The summed E-state index contributed by atoms with van der Waals surface area (Å²) in [4.78, 5) is 12.0. The third kappa shape index (κ3) is 3.99. The molecule has 0 unspecified atom stereocenters. The summed E-state index contributed by atoms with van der Waals surface area (Å²) in [6.07, 6.45) is 0. The van der Waals surface area contributed by atoms with Crippen LogP contribution in [0.3, 0.4) is 0 Å². The summed E-state index contributed by atoms with van der Waals surface area (Å²) in [5, 5.41) is 11.9. The van der Waals surface area contributed by atoms with E-state index in [-0.39, 0.29) is 17.9 Å². The van der Waals surface area contributed by atoms with Crippen molar-refractivity contribution in [2.45, 2.75) is 13.8 Å². The zero-order valence-electron chi connectivity index (χ0n) is 10.8. The monoisotopic (exact) mass is 315 g/mol. The standard InChI is InChI=1S/C13H18BrNO3/c1-13(2,8-16)7-15-12(17)10-6-9(18-3)4-5-11(10)14/h4-6,16H,7-8H2,1-3H3,(H,15,17). The first kappa shape index (κ1) is 15.0. The summed E-state index contributed by atoms with van der Waals surface area (Å²) < 4.78 is 5.80. The molecule has 4 nitrogen and oxygen atoms in total. The quantitative estimate of drug-likeness (QED) is 0.875. The predicted molar refractivity (Wildman–Crippen MR) is 73.9 cm³/mol. The minimum Gasteiger partial charge on any atom is -0.497 e. The molecule has 0 radical (unpaired) electrons. The van der Waals surface area contributed by atoms with Crippen molar-refractivity contribution in [3.05, 3.63) is 28.2 Å². The second-order valence-electron chi connectivity index (χ2n) is 4.85. The number of carbonyl (C=O) groups excluding carboxylic acids is 1. The van der Waals surface area contributed by atoms with Crippen molar-refractivity contribution in [3.8, 4) is 5.75 Å². The van der Waals surface area contributed by atoms with E-state index in [1.807, 2.05) is 13.8 Å². The molecule has 0 heterocycles. The van der Waals surface area contributed by atoms with Crippen LogP contribution < -0.4 is 10.1 Å². The summed E-state index contributed by atoms with van der Waals surface area (Å²) in [6.45, 7) is 4.19. The Kier molecular flexibility index (Phi) is 5.16. The van der Waals surface area contributed by atoms with Crippen LogP contribution in [0.2, 0.25) is 0 Å². The highest BCUT2D eigenvalue weighted by atomic mass is 79.9. The van der Waals surface area contributed by atoms with Crippen molar-refractivity contribution in [3.63, 3.8) is 0 Å². The van der Waals surface area contributed by atoms with E-state index < -0.39 is 0 Å². The molecule has 0 atom stereocenters. The lowest BCUT2D eigenvalue weighted by Gasteiger charge is -2.22. The van der Waals surface area contributed by atoms with Gasteiger partial charge in [0.15, 0.2) is 0 Å². The molecule has 0 aliphatic carbocycles. The van der Waals surface area contributed by atoms with Crippen molar-refractivity contribution >= 4 is 21.8 Å². The van der Waals surface area contributed by atoms with Crippen molar-refractivity contribution in [2.24, 2.45) is 5.41 Å². The van der Waals surface area contributed by atoms with E-state index in [1.54, 1.807) is 25.3 Å². The lowest BCUT2D eigenvalue weighted by Crippen LogP contribution is -2.36. The summed E-state index contributed by atoms with van der Waals surface area (Å²) in [6, 6.07) is 5.22. The number of benzene rings is 1. The third-order valence-electron chi connectivity index (χ3n) is 2.57. The van der Waals surface area contributed by atoms with Gasteiger partial charge < -0.3 is 15.2 Å². The van der Waals surface area contributed by atoms with Crippen LogP contribution in [0.1, 0.15) is 24.2 Å². The van der Waals surface area contributed by atoms with E-state index in [2.05, 4.69) is 21.2 Å². The van der Waals surface area contributed by atoms with E-state index in [9.17, 15) is 4.79 Å². The number of aliphatic hydroxyl groups excluding tert-OH is 1. The van der Waals surface area contributed by atoms with E-state index in [0.29, 0.717) is 22.3 Å². The predicted octanol–water partition coefficient (Wildman–Crippen LogP) is 2.21. The highest BCUT2D eigenvalue weighted by molar-refractivity contribution is 9.10. The van der Waals surface area contributed by atoms with Crippen LogP contribution in [0, 0.1) is 5.41 Å². The molecule has 0 saturated heterocycles. The van der Waals surface area contributed by atoms with Crippen LogP contribution in [0.25, 0.3) is 0 Å². The van der Waals surface area contributed by atoms with Gasteiger partial charge in [-0.05, 0) is 34.1 Å². The van der Waals surface area contributed by atoms with Gasteiger partial charge in [-0.2, -0.15) is 0 Å². The van der Waals surface area contributed by atoms with E-state index in [4.69, 9.17) is 9.84 Å². The molecule has 0 saturated carbocycles. The van der Waals surface area contributed by atoms with Gasteiger partial charge in [0.1, 0.15) is 5.75 Å². The van der Waals surface area contributed by atoms with Crippen LogP contribution in [-0.2, 0) is 0 Å². The zero-order valence-corrected chi connectivity index (χ0v) is 12.4. The van der Waals surface area contributed by atoms with Gasteiger partial charge in [-0.25, -0.2) is 0 Å². The van der Waals surface area contributed by atoms with Gasteiger partial charge in [0.05, 0.1) is 12.7 Å². The number of hydrogen-bond donors (Lipinski definition) is 2. The van der Waals surface area contributed by atoms with Crippen LogP contribution >= 0.6 is 15.9 Å². The Bertz CT molecular complexity index is 432. The maximum Gasteiger partial charge on any atom is 0.252 e. The lowest BCUT2D eigenvalue weighted by atomic mass is 9.95. The molecule has 5 heteroatoms. The number of rotatable bonds is 5. The van der Waals surface area contributed by atoms with Crippen LogP contribution in [0.5, 0.6) is 5.75 Å². The Morgan fingerprint density at radius 2 is 2.17 bits per heavy atom. The smallest absolute Gasteiger partial charge is 0.252 e. The number of aliphatic hydroxyl groups is 1. The lowest BCUT2D eigenvalue weighted by molar-refractivity contribution is 0.0910. The third-order valence-corrected chi connectivity index (χ3v) is 3.27. The number of hydrogen-bond acceptors (Lipinski definition) is 3. The van der Waals surface area contributed by atoms with E-state index >= 15 is 0 Å². The molecule has 2 N–H and O–H groups in total. The number of nitrogens with one attached hydrogen (secondary N) is 1. The maximum atomic E-state index is 12.0. The minimum atomic E-state index is -0.332. The summed E-state index contributed by atoms with van der Waals surface area (Å²) in [5.74, 6) is 0.437. The Morgan fingerprint density at radius 1 is 1.50 bits per heavy atom. The number of ether oxygens (including phenoxy) is 1. The topological polar surface area (TPSA) is 58.6 Å². The largest absolute Gasteiger partial charge is 0.497 e. The van der Waals surface area contributed by atoms with Crippen molar-refractivity contribution in [2.75, 3.05) is 20.3 Å². The van der Waals surface area contributed by atoms with Crippen molar-refractivity contribution < 1.29 is 14.6 Å². The first-order valence-electron chi connectivity index (χ1n) is 5.62. The average Bonchev–Trinajstić information content (AvgIpc) is 2.36. The molecular formula is C13H18BrNO3. The molecular weight excluding hydrogens is 298 g/mol. The molecule has 18 heavy (non-hydrogen) atoms. The van der Waals surface area contributed by atoms with E-state index in [1.165, 1.54) is 0 Å². The average molecular weight is 316 g/mol. The molecule has 100 valence electrons. The van der Waals surface area contributed by atoms with Crippen LogP contribution in [-0.4, -0.2) is 31.3 Å². The first-order chi connectivity index (χ1) is 8.39. The molecule has 1 amide bonds. The van der Waals surface area contributed by atoms with Gasteiger partial charge in [0.25, 0.3) is 5.91 Å². The number of amides is 1. The molecule has 0 aliphatic heterocycles. The van der Waals surface area contributed by atoms with Crippen molar-refractivity contribution in [1.82, 2.24) is 5.32 Å². The second kappa shape index (κ2) is 6.20. The highest BCUT2D eigenvalue weighted by Crippen LogP contribution is 2.22. The molecule has 0 spiro atoms. The molecule has 0 aromatic heterocycles. The Morgan fingerprint density at radius 3 is 2.72 bits per heavy atom. The van der Waals surface area contributed by atoms with Crippen molar-refractivity contribution in [1.29, 1.82) is 0 Å². The molecule has 1 aromatic rings. The van der Waals surface area contributed by atoms with Crippen LogP contribution in [0.15, 0.2) is 22.7 Å². The zero-order chi connectivity index (χ0) is 13.8. The molecule has 0 aliphatic rings. The van der Waals surface area contributed by atoms with Gasteiger partial charge in [0.2, 0.25) is 0 Å². The SMILES string of the molecule is COc1ccc(Br)c(C(=O)NCC(C)(C)CO)c1. The fourth-order valence-electron chi connectivity index (χ4n) is 1.28. The Hall–Kier alpha value is -1.07. The van der Waals surface area contributed by atoms with Gasteiger partial charge >= 0.3 is 0 Å². The first-order valence-corrected chi connectivity index (χ1v) is 6.41. The second-order valence-corrected chi connectivity index (χ2v) is 5.71. The summed E-state index contributed by atoms with van der Waals surface area (Å²) in [7, 11) is 1.56. The fraction of sp³-hybridized carbons (Fsp3) is 0.462. The summed E-state index contributed by atoms with van der Waals surface area (Å²) >= 11 is 3.33. The highest BCUT2D eigenvalue weighted by Gasteiger charge is 2.19. The Labute approximate surface area is 115 Å². The number of halogens is 1. The molecule has 1 rings (SSSR count).